The van der Waals surface area contributed by atoms with Gasteiger partial charge in [0.1, 0.15) is 5.82 Å². The van der Waals surface area contributed by atoms with E-state index in [0.717, 1.165) is 24.9 Å². The largest absolute Gasteiger partial charge is 0.313 e. The first-order valence-corrected chi connectivity index (χ1v) is 7.83. The Morgan fingerprint density at radius 3 is 2.86 bits per heavy atom. The van der Waals surface area contributed by atoms with Crippen molar-refractivity contribution in [3.05, 3.63) is 71.0 Å². The van der Waals surface area contributed by atoms with Gasteiger partial charge < -0.3 is 5.32 Å². The lowest BCUT2D eigenvalue weighted by atomic mass is 9.88. The Hall–Kier alpha value is -1.67. The van der Waals surface area contributed by atoms with Gasteiger partial charge in [-0.1, -0.05) is 43.3 Å². The van der Waals surface area contributed by atoms with Crippen molar-refractivity contribution >= 4 is 0 Å². The Labute approximate surface area is 126 Å². The van der Waals surface area contributed by atoms with E-state index in [1.54, 1.807) is 12.1 Å². The van der Waals surface area contributed by atoms with E-state index in [4.69, 9.17) is 0 Å². The number of benzene rings is 2. The summed E-state index contributed by atoms with van der Waals surface area (Å²) >= 11 is 0. The quantitative estimate of drug-likeness (QED) is 0.872. The van der Waals surface area contributed by atoms with Gasteiger partial charge in [0.15, 0.2) is 0 Å². The summed E-state index contributed by atoms with van der Waals surface area (Å²) in [4.78, 5) is 0. The van der Waals surface area contributed by atoms with Crippen molar-refractivity contribution in [3.63, 3.8) is 0 Å². The number of halogens is 1. The summed E-state index contributed by atoms with van der Waals surface area (Å²) in [7, 11) is 0. The molecule has 2 heteroatoms. The normalized spacial score (nSPS) is 18.5. The van der Waals surface area contributed by atoms with Crippen LogP contribution in [0.4, 0.5) is 4.39 Å². The highest BCUT2D eigenvalue weighted by Crippen LogP contribution is 2.36. The van der Waals surface area contributed by atoms with Gasteiger partial charge in [0.25, 0.3) is 0 Å². The van der Waals surface area contributed by atoms with Gasteiger partial charge in [-0.05, 0) is 54.6 Å². The zero-order valence-electron chi connectivity index (χ0n) is 12.5. The molecule has 0 heterocycles. The predicted molar refractivity (Wildman–Crippen MR) is 85.1 cm³/mol. The molecule has 21 heavy (non-hydrogen) atoms. The standard InChI is InChI=1S/C19H22FN/c1-2-21-19(13-14-6-5-8-16(20)12-14)18-11-10-15-7-3-4-9-17(15)18/h3-9,12,18-19,21H,2,10-11,13H2,1H3. The maximum Gasteiger partial charge on any atom is 0.123 e. The fourth-order valence-electron chi connectivity index (χ4n) is 3.54. The minimum absolute atomic E-state index is 0.144. The smallest absolute Gasteiger partial charge is 0.123 e. The molecule has 2 unspecified atom stereocenters. The first-order valence-electron chi connectivity index (χ1n) is 7.83. The molecule has 0 saturated heterocycles. The number of likely N-dealkylation sites (N-methyl/N-ethyl adjacent to an activating group) is 1. The topological polar surface area (TPSA) is 12.0 Å². The summed E-state index contributed by atoms with van der Waals surface area (Å²) in [5.41, 5.74) is 4.02. The van der Waals surface area contributed by atoms with Crippen LogP contribution in [0.2, 0.25) is 0 Å². The van der Waals surface area contributed by atoms with Crippen molar-refractivity contribution in [2.75, 3.05) is 6.54 Å². The van der Waals surface area contributed by atoms with Crippen molar-refractivity contribution in [2.24, 2.45) is 0 Å². The molecule has 1 aliphatic carbocycles. The summed E-state index contributed by atoms with van der Waals surface area (Å²) < 4.78 is 13.4. The van der Waals surface area contributed by atoms with E-state index in [-0.39, 0.29) is 5.82 Å². The molecule has 0 aromatic heterocycles. The van der Waals surface area contributed by atoms with Crippen LogP contribution in [0.15, 0.2) is 48.5 Å². The van der Waals surface area contributed by atoms with Crippen LogP contribution in [0.25, 0.3) is 0 Å². The minimum Gasteiger partial charge on any atom is -0.313 e. The molecule has 2 aromatic rings. The van der Waals surface area contributed by atoms with E-state index in [2.05, 4.69) is 36.5 Å². The molecule has 1 nitrogen and oxygen atoms in total. The monoisotopic (exact) mass is 283 g/mol. The van der Waals surface area contributed by atoms with E-state index >= 15 is 0 Å². The van der Waals surface area contributed by atoms with E-state index < -0.39 is 0 Å². The summed E-state index contributed by atoms with van der Waals surface area (Å²) in [6, 6.07) is 16.1. The molecule has 0 saturated carbocycles. The molecule has 110 valence electrons. The second kappa shape index (κ2) is 6.40. The Morgan fingerprint density at radius 1 is 1.19 bits per heavy atom. The lowest BCUT2D eigenvalue weighted by molar-refractivity contribution is 0.434. The number of hydrogen-bond acceptors (Lipinski definition) is 1. The second-order valence-electron chi connectivity index (χ2n) is 5.84. The maximum atomic E-state index is 13.4. The first kappa shape index (κ1) is 14.3. The van der Waals surface area contributed by atoms with Gasteiger partial charge in [-0.15, -0.1) is 0 Å². The average Bonchev–Trinajstić information content (AvgIpc) is 2.91. The molecule has 0 aliphatic heterocycles. The van der Waals surface area contributed by atoms with Gasteiger partial charge in [0, 0.05) is 12.0 Å². The van der Waals surface area contributed by atoms with Crippen LogP contribution in [-0.2, 0) is 12.8 Å². The molecule has 0 fully saturated rings. The third kappa shape index (κ3) is 3.16. The Morgan fingerprint density at radius 2 is 2.05 bits per heavy atom. The van der Waals surface area contributed by atoms with Gasteiger partial charge in [-0.2, -0.15) is 0 Å². The molecular weight excluding hydrogens is 261 g/mol. The highest BCUT2D eigenvalue weighted by Gasteiger charge is 2.29. The molecule has 0 radical (unpaired) electrons. The van der Waals surface area contributed by atoms with Crippen LogP contribution in [0.1, 0.15) is 36.0 Å². The van der Waals surface area contributed by atoms with Gasteiger partial charge in [0.05, 0.1) is 0 Å². The van der Waals surface area contributed by atoms with E-state index in [1.165, 1.54) is 23.6 Å². The molecule has 0 amide bonds. The van der Waals surface area contributed by atoms with Crippen LogP contribution in [0.3, 0.4) is 0 Å². The van der Waals surface area contributed by atoms with Crippen molar-refractivity contribution < 1.29 is 4.39 Å². The molecule has 1 aliphatic rings. The van der Waals surface area contributed by atoms with Crippen molar-refractivity contribution in [1.82, 2.24) is 5.32 Å². The summed E-state index contributed by atoms with van der Waals surface area (Å²) in [6.07, 6.45) is 3.23. The lowest BCUT2D eigenvalue weighted by Gasteiger charge is -2.25. The van der Waals surface area contributed by atoms with Gasteiger partial charge >= 0.3 is 0 Å². The fourth-order valence-corrected chi connectivity index (χ4v) is 3.54. The zero-order chi connectivity index (χ0) is 14.7. The summed E-state index contributed by atoms with van der Waals surface area (Å²) in [5.74, 6) is 0.388. The predicted octanol–water partition coefficient (Wildman–Crippen LogP) is 4.08. The molecule has 0 bridgehead atoms. The van der Waals surface area contributed by atoms with Crippen molar-refractivity contribution in [3.8, 4) is 0 Å². The van der Waals surface area contributed by atoms with E-state index in [1.807, 2.05) is 6.07 Å². The fraction of sp³-hybridized carbons (Fsp3) is 0.368. The minimum atomic E-state index is -0.144. The highest BCUT2D eigenvalue weighted by molar-refractivity contribution is 5.36. The Balaban J connectivity index is 1.82. The van der Waals surface area contributed by atoms with Crippen LogP contribution >= 0.6 is 0 Å². The van der Waals surface area contributed by atoms with Crippen LogP contribution in [0, 0.1) is 5.82 Å². The third-order valence-corrected chi connectivity index (χ3v) is 4.48. The summed E-state index contributed by atoms with van der Waals surface area (Å²) in [6.45, 7) is 3.08. The number of hydrogen-bond donors (Lipinski definition) is 1. The molecular formula is C19H22FN. The maximum absolute atomic E-state index is 13.4. The van der Waals surface area contributed by atoms with Crippen molar-refractivity contribution in [2.45, 2.75) is 38.1 Å². The lowest BCUT2D eigenvalue weighted by Crippen LogP contribution is -2.36. The van der Waals surface area contributed by atoms with Gasteiger partial charge in [-0.3, -0.25) is 0 Å². The number of aryl methyl sites for hydroxylation is 1. The molecule has 0 spiro atoms. The van der Waals surface area contributed by atoms with Crippen LogP contribution in [0.5, 0.6) is 0 Å². The van der Waals surface area contributed by atoms with Gasteiger partial charge in [0.2, 0.25) is 0 Å². The third-order valence-electron chi connectivity index (χ3n) is 4.48. The van der Waals surface area contributed by atoms with E-state index in [9.17, 15) is 4.39 Å². The average molecular weight is 283 g/mol. The molecule has 2 aromatic carbocycles. The number of fused-ring (bicyclic) bond motifs is 1. The Bertz CT molecular complexity index is 608. The van der Waals surface area contributed by atoms with E-state index in [0.29, 0.717) is 12.0 Å². The van der Waals surface area contributed by atoms with Gasteiger partial charge in [-0.25, -0.2) is 4.39 Å². The molecule has 1 N–H and O–H groups in total. The van der Waals surface area contributed by atoms with Crippen molar-refractivity contribution in [1.29, 1.82) is 0 Å². The van der Waals surface area contributed by atoms with Crippen LogP contribution in [-0.4, -0.2) is 12.6 Å². The van der Waals surface area contributed by atoms with Crippen LogP contribution < -0.4 is 5.32 Å². The SMILES string of the molecule is CCNC(Cc1cccc(F)c1)C1CCc2ccccc21. The zero-order valence-corrected chi connectivity index (χ0v) is 12.5. The first-order chi connectivity index (χ1) is 10.3. The Kier molecular flexibility index (Phi) is 4.35. The molecule has 3 rings (SSSR count). The number of nitrogens with one attached hydrogen (secondary N) is 1. The second-order valence-corrected chi connectivity index (χ2v) is 5.84. The highest BCUT2D eigenvalue weighted by atomic mass is 19.1. The summed E-state index contributed by atoms with van der Waals surface area (Å²) in [5, 5.41) is 3.61. The number of rotatable bonds is 5. The molecule has 2 atom stereocenters.